The lowest BCUT2D eigenvalue weighted by atomic mass is 9.95. The van der Waals surface area contributed by atoms with Crippen molar-refractivity contribution in [3.63, 3.8) is 0 Å². The van der Waals surface area contributed by atoms with E-state index in [1.165, 1.54) is 19.3 Å². The molecule has 0 aliphatic rings. The van der Waals surface area contributed by atoms with Gasteiger partial charge in [-0.3, -0.25) is 4.79 Å². The van der Waals surface area contributed by atoms with Gasteiger partial charge >= 0.3 is 0 Å². The molecule has 0 fully saturated rings. The van der Waals surface area contributed by atoms with Crippen molar-refractivity contribution in [2.24, 2.45) is 11.7 Å². The second-order valence-electron chi connectivity index (χ2n) is 3.76. The SMILES string of the molecule is CCCCC(CC)CC(=O)NCCN.Cl. The second kappa shape index (κ2) is 11.8. The van der Waals surface area contributed by atoms with Crippen molar-refractivity contribution in [1.82, 2.24) is 5.32 Å². The molecule has 1 atom stereocenters. The predicted octanol–water partition coefficient (Wildman–Crippen LogP) is 2.09. The van der Waals surface area contributed by atoms with Crippen LogP contribution in [0.4, 0.5) is 0 Å². The fraction of sp³-hybridized carbons (Fsp3) is 0.909. The first kappa shape index (κ1) is 17.1. The monoisotopic (exact) mass is 236 g/mol. The van der Waals surface area contributed by atoms with Gasteiger partial charge in [0.2, 0.25) is 5.91 Å². The van der Waals surface area contributed by atoms with E-state index in [2.05, 4.69) is 19.2 Å². The Labute approximate surface area is 99.6 Å². The van der Waals surface area contributed by atoms with E-state index in [4.69, 9.17) is 5.73 Å². The molecule has 0 saturated carbocycles. The van der Waals surface area contributed by atoms with Crippen LogP contribution in [0.5, 0.6) is 0 Å². The average Bonchev–Trinajstić information content (AvgIpc) is 2.21. The van der Waals surface area contributed by atoms with Crippen LogP contribution in [0.3, 0.4) is 0 Å². The van der Waals surface area contributed by atoms with E-state index in [0.29, 0.717) is 25.4 Å². The first-order valence-electron chi connectivity index (χ1n) is 5.71. The van der Waals surface area contributed by atoms with Gasteiger partial charge in [-0.2, -0.15) is 0 Å². The van der Waals surface area contributed by atoms with Gasteiger partial charge in [0.1, 0.15) is 0 Å². The summed E-state index contributed by atoms with van der Waals surface area (Å²) in [6, 6.07) is 0. The molecule has 0 aromatic carbocycles. The normalized spacial score (nSPS) is 11.7. The zero-order chi connectivity index (χ0) is 10.8. The van der Waals surface area contributed by atoms with Crippen LogP contribution in [0.1, 0.15) is 46.0 Å². The third kappa shape index (κ3) is 10.0. The molecule has 92 valence electrons. The van der Waals surface area contributed by atoms with Crippen molar-refractivity contribution in [3.8, 4) is 0 Å². The minimum absolute atomic E-state index is 0. The van der Waals surface area contributed by atoms with E-state index >= 15 is 0 Å². The molecule has 0 aromatic rings. The molecule has 1 unspecified atom stereocenters. The molecular formula is C11H25ClN2O. The van der Waals surface area contributed by atoms with Gasteiger partial charge in [0.05, 0.1) is 0 Å². The highest BCUT2D eigenvalue weighted by Gasteiger charge is 2.10. The number of carbonyl (C=O) groups is 1. The van der Waals surface area contributed by atoms with Crippen LogP contribution in [0.25, 0.3) is 0 Å². The summed E-state index contributed by atoms with van der Waals surface area (Å²) in [5, 5.41) is 2.81. The molecular weight excluding hydrogens is 212 g/mol. The van der Waals surface area contributed by atoms with Crippen LogP contribution in [0.2, 0.25) is 0 Å². The molecule has 0 heterocycles. The second-order valence-corrected chi connectivity index (χ2v) is 3.76. The Hall–Kier alpha value is -0.280. The quantitative estimate of drug-likeness (QED) is 0.678. The van der Waals surface area contributed by atoms with Gasteiger partial charge in [-0.25, -0.2) is 0 Å². The van der Waals surface area contributed by atoms with E-state index in [1.54, 1.807) is 0 Å². The zero-order valence-corrected chi connectivity index (χ0v) is 10.7. The maximum absolute atomic E-state index is 11.4. The highest BCUT2D eigenvalue weighted by atomic mass is 35.5. The third-order valence-electron chi connectivity index (χ3n) is 2.48. The molecule has 0 spiro atoms. The number of nitrogens with two attached hydrogens (primary N) is 1. The van der Waals surface area contributed by atoms with Crippen molar-refractivity contribution < 1.29 is 4.79 Å². The Morgan fingerprint density at radius 3 is 2.53 bits per heavy atom. The van der Waals surface area contributed by atoms with Crippen molar-refractivity contribution in [2.75, 3.05) is 13.1 Å². The fourth-order valence-corrected chi connectivity index (χ4v) is 1.49. The average molecular weight is 237 g/mol. The summed E-state index contributed by atoms with van der Waals surface area (Å²) < 4.78 is 0. The van der Waals surface area contributed by atoms with E-state index in [-0.39, 0.29) is 18.3 Å². The van der Waals surface area contributed by atoms with Crippen LogP contribution in [0, 0.1) is 5.92 Å². The number of halogens is 1. The number of carbonyl (C=O) groups excluding carboxylic acids is 1. The maximum atomic E-state index is 11.4. The Kier molecular flexibility index (Phi) is 13.5. The predicted molar refractivity (Wildman–Crippen MR) is 67.2 cm³/mol. The van der Waals surface area contributed by atoms with Gasteiger partial charge in [0, 0.05) is 19.5 Å². The van der Waals surface area contributed by atoms with E-state index in [9.17, 15) is 4.79 Å². The Morgan fingerprint density at radius 2 is 2.07 bits per heavy atom. The topological polar surface area (TPSA) is 55.1 Å². The summed E-state index contributed by atoms with van der Waals surface area (Å²) in [5.41, 5.74) is 5.31. The molecule has 0 aliphatic carbocycles. The number of nitrogens with one attached hydrogen (secondary N) is 1. The summed E-state index contributed by atoms with van der Waals surface area (Å²) in [6.45, 7) is 5.46. The lowest BCUT2D eigenvalue weighted by Crippen LogP contribution is -2.30. The smallest absolute Gasteiger partial charge is 0.220 e. The van der Waals surface area contributed by atoms with Crippen LogP contribution < -0.4 is 11.1 Å². The van der Waals surface area contributed by atoms with Crippen LogP contribution in [-0.4, -0.2) is 19.0 Å². The summed E-state index contributed by atoms with van der Waals surface area (Å²) in [7, 11) is 0. The molecule has 15 heavy (non-hydrogen) atoms. The number of hydrogen-bond donors (Lipinski definition) is 2. The summed E-state index contributed by atoms with van der Waals surface area (Å²) in [4.78, 5) is 11.4. The van der Waals surface area contributed by atoms with Crippen molar-refractivity contribution in [2.45, 2.75) is 46.0 Å². The lowest BCUT2D eigenvalue weighted by molar-refractivity contribution is -0.122. The van der Waals surface area contributed by atoms with Gasteiger partial charge < -0.3 is 11.1 Å². The van der Waals surface area contributed by atoms with E-state index in [0.717, 1.165) is 6.42 Å². The summed E-state index contributed by atoms with van der Waals surface area (Å²) in [5.74, 6) is 0.700. The molecule has 4 heteroatoms. The molecule has 3 nitrogen and oxygen atoms in total. The van der Waals surface area contributed by atoms with Crippen molar-refractivity contribution in [3.05, 3.63) is 0 Å². The standard InChI is InChI=1S/C11H24N2O.ClH/c1-3-5-6-10(4-2)9-11(14)13-8-7-12;/h10H,3-9,12H2,1-2H3,(H,13,14);1H. The van der Waals surface area contributed by atoms with Crippen LogP contribution >= 0.6 is 12.4 Å². The number of unbranched alkanes of at least 4 members (excludes halogenated alkanes) is 1. The third-order valence-corrected chi connectivity index (χ3v) is 2.48. The van der Waals surface area contributed by atoms with Crippen molar-refractivity contribution >= 4 is 18.3 Å². The van der Waals surface area contributed by atoms with Crippen LogP contribution in [0.15, 0.2) is 0 Å². The lowest BCUT2D eigenvalue weighted by Gasteiger charge is -2.13. The number of amides is 1. The largest absolute Gasteiger partial charge is 0.355 e. The molecule has 0 rings (SSSR count). The van der Waals surface area contributed by atoms with Crippen molar-refractivity contribution in [1.29, 1.82) is 0 Å². The van der Waals surface area contributed by atoms with Gasteiger partial charge in [0.25, 0.3) is 0 Å². The van der Waals surface area contributed by atoms with E-state index < -0.39 is 0 Å². The van der Waals surface area contributed by atoms with Gasteiger partial charge in [0.15, 0.2) is 0 Å². The zero-order valence-electron chi connectivity index (χ0n) is 9.92. The maximum Gasteiger partial charge on any atom is 0.220 e. The van der Waals surface area contributed by atoms with E-state index in [1.807, 2.05) is 0 Å². The molecule has 0 radical (unpaired) electrons. The molecule has 1 amide bonds. The Morgan fingerprint density at radius 1 is 1.40 bits per heavy atom. The molecule has 0 saturated heterocycles. The first-order chi connectivity index (χ1) is 6.74. The van der Waals surface area contributed by atoms with Gasteiger partial charge in [-0.05, 0) is 12.3 Å². The first-order valence-corrected chi connectivity index (χ1v) is 5.71. The Bertz CT molecular complexity index is 154. The molecule has 0 aromatic heterocycles. The molecule has 0 aliphatic heterocycles. The number of hydrogen-bond acceptors (Lipinski definition) is 2. The summed E-state index contributed by atoms with van der Waals surface area (Å²) >= 11 is 0. The van der Waals surface area contributed by atoms with Crippen LogP contribution in [-0.2, 0) is 4.79 Å². The fourth-order valence-electron chi connectivity index (χ4n) is 1.49. The number of rotatable bonds is 8. The summed E-state index contributed by atoms with van der Waals surface area (Å²) in [6.07, 6.45) is 5.36. The Balaban J connectivity index is 0. The minimum atomic E-state index is 0. The minimum Gasteiger partial charge on any atom is -0.355 e. The van der Waals surface area contributed by atoms with Gasteiger partial charge in [-0.1, -0.05) is 33.1 Å². The highest BCUT2D eigenvalue weighted by Crippen LogP contribution is 2.16. The highest BCUT2D eigenvalue weighted by molar-refractivity contribution is 5.85. The molecule has 0 bridgehead atoms. The van der Waals surface area contributed by atoms with Gasteiger partial charge in [-0.15, -0.1) is 12.4 Å². The molecule has 3 N–H and O–H groups in total.